The molecule has 44 heavy (non-hydrogen) atoms. The van der Waals surface area contributed by atoms with E-state index in [1.165, 1.54) is 0 Å². The van der Waals surface area contributed by atoms with Crippen LogP contribution in [0, 0.1) is 23.2 Å². The number of Topliss-reactive ketones (excluding diaryl/α,β-unsaturated/α-hetero) is 1. The Morgan fingerprint density at radius 2 is 1.61 bits per heavy atom. The molecule has 0 bridgehead atoms. The van der Waals surface area contributed by atoms with Crippen LogP contribution in [-0.2, 0) is 28.7 Å². The van der Waals surface area contributed by atoms with Crippen molar-refractivity contribution in [2.75, 3.05) is 13.1 Å². The van der Waals surface area contributed by atoms with Crippen molar-refractivity contribution in [3.63, 3.8) is 0 Å². The Balaban J connectivity index is 1.48. The number of hydrogen-bond acceptors (Lipinski definition) is 7. The second-order valence-electron chi connectivity index (χ2n) is 14.6. The van der Waals surface area contributed by atoms with Crippen LogP contribution in [0.4, 0.5) is 4.79 Å². The Morgan fingerprint density at radius 3 is 2.20 bits per heavy atom. The average Bonchev–Trinajstić information content (AvgIpc) is 3.80. The summed E-state index contributed by atoms with van der Waals surface area (Å²) in [5, 5.41) is 10.7. The molecule has 5 amide bonds. The van der Waals surface area contributed by atoms with Crippen molar-refractivity contribution in [2.45, 2.75) is 129 Å². The minimum atomic E-state index is -1.09. The van der Waals surface area contributed by atoms with E-state index in [1.807, 2.05) is 6.92 Å². The summed E-state index contributed by atoms with van der Waals surface area (Å²) in [7, 11) is 0. The molecule has 1 saturated heterocycles. The van der Waals surface area contributed by atoms with Crippen molar-refractivity contribution < 1.29 is 33.5 Å². The molecule has 0 radical (unpaired) electrons. The topological polar surface area (TPSA) is 163 Å². The molecule has 4 rings (SSSR count). The molecule has 0 aromatic rings. The first-order chi connectivity index (χ1) is 20.6. The van der Waals surface area contributed by atoms with Crippen molar-refractivity contribution in [3.8, 4) is 0 Å². The fourth-order valence-corrected chi connectivity index (χ4v) is 7.00. The Labute approximate surface area is 260 Å². The molecule has 0 spiro atoms. The van der Waals surface area contributed by atoms with Gasteiger partial charge in [-0.2, -0.15) is 0 Å². The smallest absolute Gasteiger partial charge is 0.408 e. The molecule has 1 heterocycles. The van der Waals surface area contributed by atoms with Gasteiger partial charge in [-0.05, 0) is 76.0 Å². The maximum Gasteiger partial charge on any atom is 0.408 e. The van der Waals surface area contributed by atoms with Gasteiger partial charge in [0.25, 0.3) is 5.91 Å². The molecular weight excluding hydrogens is 566 g/mol. The van der Waals surface area contributed by atoms with Crippen molar-refractivity contribution >= 4 is 35.5 Å². The van der Waals surface area contributed by atoms with E-state index in [2.05, 4.69) is 35.1 Å². The average molecular weight is 618 g/mol. The highest BCUT2D eigenvalue weighted by atomic mass is 16.6. The normalized spacial score (nSPS) is 25.6. The van der Waals surface area contributed by atoms with Crippen molar-refractivity contribution in [1.82, 2.24) is 26.2 Å². The number of likely N-dealkylation sites (tertiary alicyclic amines) is 1. The third-order valence-electron chi connectivity index (χ3n) is 9.61. The minimum Gasteiger partial charge on any atom is -0.444 e. The molecule has 1 aliphatic heterocycles. The highest BCUT2D eigenvalue weighted by Crippen LogP contribution is 2.65. The Hall–Kier alpha value is -3.18. The van der Waals surface area contributed by atoms with Gasteiger partial charge in [-0.3, -0.25) is 24.0 Å². The Kier molecular flexibility index (Phi) is 10.3. The summed E-state index contributed by atoms with van der Waals surface area (Å²) in [5.41, 5.74) is -0.908. The SMILES string of the molecule is CCCC(NC(=O)[C@@H]1[C@H]2[C@@H](CN1C(=O)C(NC(=O)OC(C)(C)C)C1CCCCC1)C2(C)C)C(=O)C(=O)NCC(=O)NC1CC1. The third kappa shape index (κ3) is 8.10. The first-order valence-corrected chi connectivity index (χ1v) is 16.4. The first kappa shape index (κ1) is 33.7. The standard InChI is InChI=1S/C32H51N5O7/c1-7-11-21(26(39)28(41)33-16-22(38)34-19-14-15-19)35-27(40)25-23-20(32(23,5)6)17-37(25)29(42)24(18-12-9-8-10-13-18)36-30(43)44-31(2,3)4/h18-21,23-25H,7-17H2,1-6H3,(H,33,41)(H,34,38)(H,35,40)(H,36,43)/t20-,21?,23-,24?,25+/m1/s1. The zero-order valence-electron chi connectivity index (χ0n) is 27.1. The van der Waals surface area contributed by atoms with Crippen LogP contribution in [0.5, 0.6) is 0 Å². The monoisotopic (exact) mass is 617 g/mol. The molecule has 3 saturated carbocycles. The summed E-state index contributed by atoms with van der Waals surface area (Å²) in [4.78, 5) is 80.4. The number of ether oxygens (including phenoxy) is 1. The number of nitrogens with one attached hydrogen (secondary N) is 4. The number of rotatable bonds is 12. The number of alkyl carbamates (subject to hydrolysis) is 1. The van der Waals surface area contributed by atoms with Gasteiger partial charge in [0.1, 0.15) is 17.7 Å². The van der Waals surface area contributed by atoms with Gasteiger partial charge in [0.05, 0.1) is 12.6 Å². The van der Waals surface area contributed by atoms with Gasteiger partial charge >= 0.3 is 6.09 Å². The zero-order chi connectivity index (χ0) is 32.4. The molecule has 0 aromatic carbocycles. The van der Waals surface area contributed by atoms with Gasteiger partial charge in [0, 0.05) is 12.6 Å². The van der Waals surface area contributed by atoms with Crippen LogP contribution < -0.4 is 21.3 Å². The van der Waals surface area contributed by atoms with Gasteiger partial charge in [0.15, 0.2) is 0 Å². The van der Waals surface area contributed by atoms with Crippen LogP contribution >= 0.6 is 0 Å². The lowest BCUT2D eigenvalue weighted by atomic mass is 9.83. The number of fused-ring (bicyclic) bond motifs is 1. The van der Waals surface area contributed by atoms with Crippen molar-refractivity contribution in [1.29, 1.82) is 0 Å². The van der Waals surface area contributed by atoms with Gasteiger partial charge < -0.3 is 30.9 Å². The fraction of sp³-hybridized carbons (Fsp3) is 0.812. The van der Waals surface area contributed by atoms with Crippen molar-refractivity contribution in [3.05, 3.63) is 0 Å². The zero-order valence-corrected chi connectivity index (χ0v) is 27.1. The molecule has 12 nitrogen and oxygen atoms in total. The van der Waals surface area contributed by atoms with Crippen molar-refractivity contribution in [2.24, 2.45) is 23.2 Å². The van der Waals surface area contributed by atoms with E-state index in [1.54, 1.807) is 25.7 Å². The van der Waals surface area contributed by atoms with E-state index in [0.29, 0.717) is 13.0 Å². The predicted molar refractivity (Wildman–Crippen MR) is 162 cm³/mol. The van der Waals surface area contributed by atoms with Gasteiger partial charge in [-0.1, -0.05) is 46.5 Å². The third-order valence-corrected chi connectivity index (χ3v) is 9.61. The molecular formula is C32H51N5O7. The second-order valence-corrected chi connectivity index (χ2v) is 14.6. The minimum absolute atomic E-state index is 0.0763. The number of amides is 5. The lowest BCUT2D eigenvalue weighted by molar-refractivity contribution is -0.145. The van der Waals surface area contributed by atoms with E-state index in [4.69, 9.17) is 4.74 Å². The van der Waals surface area contributed by atoms with Gasteiger partial charge in [-0.15, -0.1) is 0 Å². The van der Waals surface area contributed by atoms with Gasteiger partial charge in [-0.25, -0.2) is 4.79 Å². The molecule has 4 N–H and O–H groups in total. The number of ketones is 1. The predicted octanol–water partition coefficient (Wildman–Crippen LogP) is 2.19. The quantitative estimate of drug-likeness (QED) is 0.244. The summed E-state index contributed by atoms with van der Waals surface area (Å²) in [5.74, 6) is -3.01. The molecule has 246 valence electrons. The van der Waals surface area contributed by atoms with Gasteiger partial charge in [0.2, 0.25) is 23.5 Å². The van der Waals surface area contributed by atoms with E-state index >= 15 is 0 Å². The maximum atomic E-state index is 14.2. The molecule has 3 aliphatic carbocycles. The molecule has 5 atom stereocenters. The Morgan fingerprint density at radius 1 is 0.955 bits per heavy atom. The second kappa shape index (κ2) is 13.4. The molecule has 2 unspecified atom stereocenters. The highest BCUT2D eigenvalue weighted by Gasteiger charge is 2.69. The fourth-order valence-electron chi connectivity index (χ4n) is 7.00. The van der Waals surface area contributed by atoms with E-state index in [9.17, 15) is 28.8 Å². The molecule has 12 heteroatoms. The summed E-state index contributed by atoms with van der Waals surface area (Å²) in [6.07, 6.45) is 6.46. The molecule has 4 aliphatic rings. The lowest BCUT2D eigenvalue weighted by Crippen LogP contribution is -2.60. The van der Waals surface area contributed by atoms with Crippen LogP contribution in [0.25, 0.3) is 0 Å². The highest BCUT2D eigenvalue weighted by molar-refractivity contribution is 6.38. The van der Waals surface area contributed by atoms with E-state index < -0.39 is 47.4 Å². The summed E-state index contributed by atoms with van der Waals surface area (Å²) in [6.45, 7) is 11.3. The summed E-state index contributed by atoms with van der Waals surface area (Å²) in [6, 6.07) is -2.63. The maximum absolute atomic E-state index is 14.2. The van der Waals surface area contributed by atoms with Crippen LogP contribution in [0.2, 0.25) is 0 Å². The van der Waals surface area contributed by atoms with E-state index in [0.717, 1.165) is 44.9 Å². The number of carbonyl (C=O) groups excluding carboxylic acids is 6. The van der Waals surface area contributed by atoms with Crippen LogP contribution in [0.3, 0.4) is 0 Å². The van der Waals surface area contributed by atoms with Crippen LogP contribution in [0.1, 0.15) is 99.3 Å². The summed E-state index contributed by atoms with van der Waals surface area (Å²) >= 11 is 0. The first-order valence-electron chi connectivity index (χ1n) is 16.4. The molecule has 0 aromatic heterocycles. The molecule has 4 fully saturated rings. The summed E-state index contributed by atoms with van der Waals surface area (Å²) < 4.78 is 5.49. The lowest BCUT2D eigenvalue weighted by Gasteiger charge is -2.37. The number of piperidine rings is 1. The number of nitrogens with zero attached hydrogens (tertiary/aromatic N) is 1. The van der Waals surface area contributed by atoms with Crippen LogP contribution in [-0.4, -0.2) is 83.3 Å². The largest absolute Gasteiger partial charge is 0.444 e. The number of hydrogen-bond donors (Lipinski definition) is 4. The number of carbonyl (C=O) groups is 6. The Bertz CT molecular complexity index is 1140. The van der Waals surface area contributed by atoms with E-state index in [-0.39, 0.29) is 54.0 Å². The van der Waals surface area contributed by atoms with Crippen LogP contribution in [0.15, 0.2) is 0 Å².